The highest BCUT2D eigenvalue weighted by atomic mass is 35.5. The second-order valence-electron chi connectivity index (χ2n) is 6.75. The molecule has 3 aliphatic rings. The van der Waals surface area contributed by atoms with E-state index in [1.807, 2.05) is 4.90 Å². The van der Waals surface area contributed by atoms with E-state index >= 15 is 0 Å². The van der Waals surface area contributed by atoms with E-state index in [0.717, 1.165) is 39.0 Å². The number of amides is 1. The fraction of sp³-hybridized carbons (Fsp3) is 0.611. The molecule has 6 nitrogen and oxygen atoms in total. The summed E-state index contributed by atoms with van der Waals surface area (Å²) in [5.41, 5.74) is 0.612. The number of nitrogens with one attached hydrogen (secondary N) is 1. The van der Waals surface area contributed by atoms with Gasteiger partial charge in [0.15, 0.2) is 11.5 Å². The number of halogens is 1. The summed E-state index contributed by atoms with van der Waals surface area (Å²) in [5, 5.41) is 3.47. The summed E-state index contributed by atoms with van der Waals surface area (Å²) in [6, 6.07) is 3.55. The lowest BCUT2D eigenvalue weighted by Crippen LogP contribution is -2.33. The molecule has 0 unspecified atom stereocenters. The molecular weight excluding hydrogens is 344 g/mol. The Morgan fingerprint density at radius 2 is 1.84 bits per heavy atom. The third-order valence-electron chi connectivity index (χ3n) is 5.38. The van der Waals surface area contributed by atoms with Crippen molar-refractivity contribution >= 4 is 18.3 Å². The number of methoxy groups -OCH3 is 1. The van der Waals surface area contributed by atoms with Crippen LogP contribution in [0.2, 0.25) is 0 Å². The van der Waals surface area contributed by atoms with Gasteiger partial charge in [-0.1, -0.05) is 0 Å². The Labute approximate surface area is 154 Å². The predicted octanol–water partition coefficient (Wildman–Crippen LogP) is 1.96. The van der Waals surface area contributed by atoms with E-state index in [1.54, 1.807) is 19.2 Å². The Morgan fingerprint density at radius 1 is 1.16 bits per heavy atom. The molecule has 3 heterocycles. The zero-order chi connectivity index (χ0) is 16.5. The van der Waals surface area contributed by atoms with Crippen LogP contribution in [0.1, 0.15) is 23.2 Å². The van der Waals surface area contributed by atoms with Crippen molar-refractivity contribution in [2.75, 3.05) is 46.5 Å². The van der Waals surface area contributed by atoms with Crippen molar-refractivity contribution in [2.45, 2.75) is 12.8 Å². The number of likely N-dealkylation sites (tertiary alicyclic amines) is 1. The monoisotopic (exact) mass is 368 g/mol. The average molecular weight is 369 g/mol. The Morgan fingerprint density at radius 3 is 2.52 bits per heavy atom. The second kappa shape index (κ2) is 7.70. The Hall–Kier alpha value is -1.66. The number of hydrogen-bond acceptors (Lipinski definition) is 5. The lowest BCUT2D eigenvalue weighted by atomic mass is 9.92. The van der Waals surface area contributed by atoms with Crippen LogP contribution in [0.4, 0.5) is 0 Å². The van der Waals surface area contributed by atoms with Crippen molar-refractivity contribution < 1.29 is 19.0 Å². The third kappa shape index (κ3) is 3.51. The second-order valence-corrected chi connectivity index (χ2v) is 6.75. The Bertz CT molecular complexity index is 608. The number of nitrogens with zero attached hydrogens (tertiary/aromatic N) is 1. The summed E-state index contributed by atoms with van der Waals surface area (Å²) in [6.07, 6.45) is 2.15. The molecule has 2 saturated heterocycles. The molecule has 4 rings (SSSR count). The zero-order valence-electron chi connectivity index (χ0n) is 14.5. The molecule has 2 atom stereocenters. The van der Waals surface area contributed by atoms with Gasteiger partial charge in [-0.15, -0.1) is 12.4 Å². The Kier molecular flexibility index (Phi) is 5.59. The quantitative estimate of drug-likeness (QED) is 0.864. The minimum Gasteiger partial charge on any atom is -0.493 e. The maximum atomic E-state index is 13.0. The van der Waals surface area contributed by atoms with Crippen molar-refractivity contribution in [2.24, 2.45) is 11.8 Å². The molecule has 25 heavy (non-hydrogen) atoms. The van der Waals surface area contributed by atoms with Gasteiger partial charge in [0.25, 0.3) is 5.91 Å². The molecule has 0 bridgehead atoms. The summed E-state index contributed by atoms with van der Waals surface area (Å²) in [5.74, 6) is 3.22. The van der Waals surface area contributed by atoms with Crippen LogP contribution in [-0.4, -0.2) is 57.3 Å². The molecule has 1 aromatic rings. The van der Waals surface area contributed by atoms with Crippen LogP contribution in [0.25, 0.3) is 0 Å². The largest absolute Gasteiger partial charge is 0.493 e. The molecule has 0 radical (unpaired) electrons. The molecule has 1 aromatic carbocycles. The van der Waals surface area contributed by atoms with Gasteiger partial charge in [0.05, 0.1) is 7.11 Å². The molecule has 2 fully saturated rings. The van der Waals surface area contributed by atoms with Gasteiger partial charge >= 0.3 is 0 Å². The van der Waals surface area contributed by atoms with E-state index in [2.05, 4.69) is 5.32 Å². The maximum Gasteiger partial charge on any atom is 0.254 e. The van der Waals surface area contributed by atoms with E-state index in [0.29, 0.717) is 47.9 Å². The van der Waals surface area contributed by atoms with Crippen molar-refractivity contribution in [3.8, 4) is 17.2 Å². The van der Waals surface area contributed by atoms with E-state index in [4.69, 9.17) is 14.2 Å². The van der Waals surface area contributed by atoms with Gasteiger partial charge in [0.1, 0.15) is 13.2 Å². The van der Waals surface area contributed by atoms with Gasteiger partial charge in [-0.25, -0.2) is 0 Å². The molecule has 0 aliphatic carbocycles. The number of fused-ring (bicyclic) bond motifs is 2. The first kappa shape index (κ1) is 18.1. The van der Waals surface area contributed by atoms with Crippen LogP contribution in [0.3, 0.4) is 0 Å². The average Bonchev–Trinajstić information content (AvgIpc) is 2.98. The standard InChI is InChI=1S/C18H24N2O4.ClH/c1-22-15-8-14(9-16-17(15)24-7-6-23-16)18(21)20-4-2-12-10-19-11-13(12)3-5-20;/h8-9,12-13,19H,2-7,10-11H2,1H3;1H/t12-,13+;. The van der Waals surface area contributed by atoms with Crippen molar-refractivity contribution in [1.29, 1.82) is 0 Å². The lowest BCUT2D eigenvalue weighted by Gasteiger charge is -2.24. The lowest BCUT2D eigenvalue weighted by molar-refractivity contribution is 0.0756. The van der Waals surface area contributed by atoms with Crippen molar-refractivity contribution in [1.82, 2.24) is 10.2 Å². The van der Waals surface area contributed by atoms with Gasteiger partial charge < -0.3 is 24.4 Å². The highest BCUT2D eigenvalue weighted by molar-refractivity contribution is 5.95. The van der Waals surface area contributed by atoms with Crippen LogP contribution in [0.5, 0.6) is 17.2 Å². The molecule has 7 heteroatoms. The fourth-order valence-electron chi connectivity index (χ4n) is 4.00. The summed E-state index contributed by atoms with van der Waals surface area (Å²) in [7, 11) is 1.59. The predicted molar refractivity (Wildman–Crippen MR) is 96.2 cm³/mol. The highest BCUT2D eigenvalue weighted by Gasteiger charge is 2.32. The first-order valence-corrected chi connectivity index (χ1v) is 8.74. The van der Waals surface area contributed by atoms with E-state index in [9.17, 15) is 4.79 Å². The van der Waals surface area contributed by atoms with Gasteiger partial charge in [-0.2, -0.15) is 0 Å². The number of ether oxygens (including phenoxy) is 3. The summed E-state index contributed by atoms with van der Waals surface area (Å²) in [4.78, 5) is 15.0. The van der Waals surface area contributed by atoms with E-state index in [-0.39, 0.29) is 18.3 Å². The van der Waals surface area contributed by atoms with Crippen LogP contribution < -0.4 is 19.5 Å². The van der Waals surface area contributed by atoms with E-state index < -0.39 is 0 Å². The third-order valence-corrected chi connectivity index (χ3v) is 5.38. The first-order valence-electron chi connectivity index (χ1n) is 8.74. The minimum atomic E-state index is 0. The number of hydrogen-bond donors (Lipinski definition) is 1. The first-order chi connectivity index (χ1) is 11.8. The molecule has 3 aliphatic heterocycles. The normalized spacial score (nSPS) is 24.8. The molecule has 0 aromatic heterocycles. The van der Waals surface area contributed by atoms with Crippen LogP contribution in [0, 0.1) is 11.8 Å². The molecular formula is C18H25ClN2O4. The van der Waals surface area contributed by atoms with Gasteiger partial charge in [-0.05, 0) is 49.9 Å². The number of rotatable bonds is 2. The topological polar surface area (TPSA) is 60.0 Å². The molecule has 0 spiro atoms. The summed E-state index contributed by atoms with van der Waals surface area (Å²) in [6.45, 7) is 4.80. The summed E-state index contributed by atoms with van der Waals surface area (Å²) >= 11 is 0. The highest BCUT2D eigenvalue weighted by Crippen LogP contribution is 2.40. The number of carbonyl (C=O) groups is 1. The van der Waals surface area contributed by atoms with Crippen molar-refractivity contribution in [3.05, 3.63) is 17.7 Å². The van der Waals surface area contributed by atoms with Crippen molar-refractivity contribution in [3.63, 3.8) is 0 Å². The zero-order valence-corrected chi connectivity index (χ0v) is 15.3. The van der Waals surface area contributed by atoms with Gasteiger partial charge in [0, 0.05) is 18.7 Å². The minimum absolute atomic E-state index is 0. The smallest absolute Gasteiger partial charge is 0.254 e. The molecule has 138 valence electrons. The molecule has 0 saturated carbocycles. The van der Waals surface area contributed by atoms with Crippen LogP contribution in [-0.2, 0) is 0 Å². The molecule has 1 N–H and O–H groups in total. The molecule has 1 amide bonds. The fourth-order valence-corrected chi connectivity index (χ4v) is 4.00. The van der Waals surface area contributed by atoms with Gasteiger partial charge in [0.2, 0.25) is 5.75 Å². The Balaban J connectivity index is 0.00000182. The van der Waals surface area contributed by atoms with Gasteiger partial charge in [-0.3, -0.25) is 4.79 Å². The number of carbonyl (C=O) groups excluding carboxylic acids is 1. The van der Waals surface area contributed by atoms with E-state index in [1.165, 1.54) is 0 Å². The van der Waals surface area contributed by atoms with Crippen LogP contribution in [0.15, 0.2) is 12.1 Å². The summed E-state index contributed by atoms with van der Waals surface area (Å²) < 4.78 is 16.7. The number of benzene rings is 1. The maximum absolute atomic E-state index is 13.0. The SMILES string of the molecule is COc1cc(C(=O)N2CC[C@@H]3CNC[C@@H]3CC2)cc2c1OCCO2.Cl. The van der Waals surface area contributed by atoms with Crippen LogP contribution >= 0.6 is 12.4 Å².